The van der Waals surface area contributed by atoms with Gasteiger partial charge in [0.1, 0.15) is 0 Å². The molecule has 0 aliphatic carbocycles. The van der Waals surface area contributed by atoms with Crippen molar-refractivity contribution in [3.8, 4) is 0 Å². The van der Waals surface area contributed by atoms with Crippen LogP contribution in [0.1, 0.15) is 195 Å². The van der Waals surface area contributed by atoms with Crippen molar-refractivity contribution in [3.05, 3.63) is 0 Å². The molecule has 0 fully saturated rings. The molecule has 0 saturated heterocycles. The number of rotatable bonds is 28. The van der Waals surface area contributed by atoms with Crippen molar-refractivity contribution >= 4 is 33.1 Å². The summed E-state index contributed by atoms with van der Waals surface area (Å²) in [5, 5.41) is 20.2. The minimum absolute atomic E-state index is 0.149. The Morgan fingerprint density at radius 1 is 0.385 bits per heavy atom. The van der Waals surface area contributed by atoms with Crippen molar-refractivity contribution in [1.82, 2.24) is 0 Å². The van der Waals surface area contributed by atoms with Gasteiger partial charge in [-0.15, -0.1) is 0 Å². The van der Waals surface area contributed by atoms with Crippen molar-refractivity contribution in [1.29, 1.82) is 0 Å². The molecular weight excluding hydrogens is 591 g/mol. The second-order valence-corrected chi connectivity index (χ2v) is 15.3. The molecule has 0 aliphatic heterocycles. The summed E-state index contributed by atoms with van der Waals surface area (Å²) in [7, 11) is 0. The molecule has 0 aromatic rings. The molecule has 5 heteroatoms. The number of carbonyl (C=O) groups excluding carboxylic acids is 2. The quantitative estimate of drug-likeness (QED) is 0.0620. The van der Waals surface area contributed by atoms with Crippen molar-refractivity contribution < 1.29 is 19.8 Å². The summed E-state index contributed by atoms with van der Waals surface area (Å²) in [5.41, 5.74) is 0. The molecule has 0 spiro atoms. The van der Waals surface area contributed by atoms with E-state index in [1.807, 2.05) is 0 Å². The summed E-state index contributed by atoms with van der Waals surface area (Å²) in [6, 6.07) is 0. The van der Waals surface area contributed by atoms with Gasteiger partial charge < -0.3 is 19.8 Å². The van der Waals surface area contributed by atoms with Crippen LogP contribution in [0, 0.1) is 0 Å². The molecule has 0 unspecified atom stereocenters. The topological polar surface area (TPSA) is 80.3 Å². The predicted molar refractivity (Wildman–Crippen MR) is 168 cm³/mol. The third kappa shape index (κ3) is 54.5. The molecule has 0 amide bonds. The Kier molecular flexibility index (Phi) is 46.8. The molecule has 39 heavy (non-hydrogen) atoms. The maximum absolute atomic E-state index is 10.1. The fourth-order valence-corrected chi connectivity index (χ4v) is 8.40. The van der Waals surface area contributed by atoms with Gasteiger partial charge in [-0.25, -0.2) is 0 Å². The zero-order valence-corrected chi connectivity index (χ0v) is 29.8. The van der Waals surface area contributed by atoms with E-state index in [-0.39, 0.29) is 34.0 Å². The van der Waals surface area contributed by atoms with Crippen LogP contribution < -0.4 is 10.2 Å². The van der Waals surface area contributed by atoms with E-state index in [4.69, 9.17) is 0 Å². The number of carboxylic acid groups (broad SMARTS) is 2. The van der Waals surface area contributed by atoms with E-state index in [9.17, 15) is 19.8 Å². The second-order valence-electron chi connectivity index (χ2n) is 11.1. The summed E-state index contributed by atoms with van der Waals surface area (Å²) < 4.78 is 3.25. The Bertz CT molecular complexity index is 416. The number of carboxylic acids is 2. The normalized spacial score (nSPS) is 10.2. The summed E-state index contributed by atoms with van der Waals surface area (Å²) in [6.45, 7) is 9.05. The average Bonchev–Trinajstić information content (AvgIpc) is 2.91. The standard InChI is InChI=1S/2C13H26O2.2C4H9.Sn/c2*1-2-3-4-5-6-7-8-9-10-11-12-13(14)15;2*1-3-4-2;/h2*2-12H2,1H3,(H,14,15);2*1,3-4H2,2H3;/q;;;;+2/p-2. The van der Waals surface area contributed by atoms with Crippen LogP contribution >= 0.6 is 0 Å². The van der Waals surface area contributed by atoms with Crippen LogP contribution in [0.4, 0.5) is 0 Å². The Labute approximate surface area is 255 Å². The van der Waals surface area contributed by atoms with Gasteiger partial charge in [0.05, 0.1) is 0 Å². The number of hydrogen-bond acceptors (Lipinski definition) is 4. The Morgan fingerprint density at radius 2 is 0.615 bits per heavy atom. The summed E-state index contributed by atoms with van der Waals surface area (Å²) in [4.78, 5) is 20.2. The molecule has 232 valence electrons. The van der Waals surface area contributed by atoms with Crippen molar-refractivity contribution in [2.45, 2.75) is 204 Å². The van der Waals surface area contributed by atoms with Gasteiger partial charge in [0.2, 0.25) is 0 Å². The number of hydrogen-bond donors (Lipinski definition) is 0. The molecule has 0 aromatic carbocycles. The first-order chi connectivity index (χ1) is 19.0. The number of carbonyl (C=O) groups is 2. The predicted octanol–water partition coefficient (Wildman–Crippen LogP) is 9.22. The zero-order chi connectivity index (χ0) is 29.7. The van der Waals surface area contributed by atoms with Gasteiger partial charge in [-0.3, -0.25) is 0 Å². The molecule has 0 bridgehead atoms. The van der Waals surface area contributed by atoms with Gasteiger partial charge in [0.25, 0.3) is 0 Å². The average molecular weight is 660 g/mol. The fraction of sp³-hybridized carbons (Fsp3) is 0.941. The fourth-order valence-electron chi connectivity index (χ4n) is 4.24. The molecule has 0 radical (unpaired) electrons. The first kappa shape index (κ1) is 43.2. The van der Waals surface area contributed by atoms with E-state index in [2.05, 4.69) is 27.7 Å². The van der Waals surface area contributed by atoms with Crippen molar-refractivity contribution in [2.75, 3.05) is 0 Å². The molecule has 4 nitrogen and oxygen atoms in total. The van der Waals surface area contributed by atoms with Crippen LogP contribution in [-0.2, 0) is 9.59 Å². The van der Waals surface area contributed by atoms with Gasteiger partial charge in [-0.05, 0) is 25.7 Å². The molecule has 0 atom stereocenters. The molecule has 0 aliphatic rings. The van der Waals surface area contributed by atoms with Gasteiger partial charge >= 0.3 is 69.5 Å². The third-order valence-corrected chi connectivity index (χ3v) is 10.9. The Morgan fingerprint density at radius 3 is 0.846 bits per heavy atom. The van der Waals surface area contributed by atoms with Crippen LogP contribution in [0.2, 0.25) is 8.87 Å². The summed E-state index contributed by atoms with van der Waals surface area (Å²) in [6.07, 6.45) is 31.0. The van der Waals surface area contributed by atoms with E-state index in [1.165, 1.54) is 128 Å². The van der Waals surface area contributed by atoms with Crippen LogP contribution in [-0.4, -0.2) is 33.1 Å². The molecule has 0 heterocycles. The number of aliphatic carboxylic acids is 2. The van der Waals surface area contributed by atoms with Crippen LogP contribution in [0.15, 0.2) is 0 Å². The summed E-state index contributed by atoms with van der Waals surface area (Å²) >= 11 is 0.149. The molecule has 0 rings (SSSR count). The van der Waals surface area contributed by atoms with E-state index < -0.39 is 11.9 Å². The molecule has 0 saturated carbocycles. The minimum atomic E-state index is -0.908. The van der Waals surface area contributed by atoms with Gasteiger partial charge in [0, 0.05) is 11.9 Å². The second kappa shape index (κ2) is 42.2. The zero-order valence-electron chi connectivity index (χ0n) is 26.9. The first-order valence-corrected chi connectivity index (χ1v) is 21.1. The third-order valence-electron chi connectivity index (χ3n) is 6.88. The Hall–Kier alpha value is -0.261. The molecule has 0 N–H and O–H groups in total. The van der Waals surface area contributed by atoms with Gasteiger partial charge in [-0.1, -0.05) is 129 Å². The van der Waals surface area contributed by atoms with Crippen molar-refractivity contribution in [3.63, 3.8) is 0 Å². The molecule has 0 aromatic heterocycles. The van der Waals surface area contributed by atoms with E-state index in [0.717, 1.165) is 25.7 Å². The van der Waals surface area contributed by atoms with Crippen LogP contribution in [0.5, 0.6) is 0 Å². The monoisotopic (exact) mass is 660 g/mol. The van der Waals surface area contributed by atoms with Gasteiger partial charge in [-0.2, -0.15) is 0 Å². The van der Waals surface area contributed by atoms with Gasteiger partial charge in [0.15, 0.2) is 0 Å². The van der Waals surface area contributed by atoms with Crippen LogP contribution in [0.25, 0.3) is 0 Å². The first-order valence-electron chi connectivity index (χ1n) is 17.1. The number of unbranched alkanes of at least 4 members (excludes halogenated alkanes) is 20. The van der Waals surface area contributed by atoms with E-state index in [1.54, 1.807) is 8.87 Å². The van der Waals surface area contributed by atoms with Crippen LogP contribution in [0.3, 0.4) is 0 Å². The molecular formula is C34H68O4Sn. The summed E-state index contributed by atoms with van der Waals surface area (Å²) in [5.74, 6) is -1.82. The SMILES string of the molecule is CCCCCCCCCCCCC(=O)[O-].CCCCCCCCCCCCC(=O)[O-].CCC[CH2][Sn+2][CH2]CCC. The van der Waals surface area contributed by atoms with E-state index >= 15 is 0 Å². The maximum atomic E-state index is 10.1. The Balaban J connectivity index is -0.000000516. The van der Waals surface area contributed by atoms with E-state index in [0.29, 0.717) is 0 Å². The van der Waals surface area contributed by atoms with Crippen molar-refractivity contribution in [2.24, 2.45) is 0 Å².